The van der Waals surface area contributed by atoms with Gasteiger partial charge in [0.05, 0.1) is 5.56 Å². The van der Waals surface area contributed by atoms with Gasteiger partial charge in [-0.3, -0.25) is 9.59 Å². The van der Waals surface area contributed by atoms with Gasteiger partial charge in [-0.2, -0.15) is 0 Å². The van der Waals surface area contributed by atoms with E-state index in [4.69, 9.17) is 11.6 Å². The van der Waals surface area contributed by atoms with E-state index in [-0.39, 0.29) is 11.0 Å². The van der Waals surface area contributed by atoms with Crippen molar-refractivity contribution in [1.29, 1.82) is 0 Å². The van der Waals surface area contributed by atoms with Crippen LogP contribution in [-0.4, -0.2) is 5.24 Å². The Kier molecular flexibility index (Phi) is 2.35. The van der Waals surface area contributed by atoms with Crippen LogP contribution in [0.1, 0.15) is 10.4 Å². The number of carbonyl (C=O) groups is 1. The highest BCUT2D eigenvalue weighted by atomic mass is 35.5. The highest BCUT2D eigenvalue weighted by molar-refractivity contribution is 7.16. The fourth-order valence-corrected chi connectivity index (χ4v) is 2.32. The first kappa shape index (κ1) is 9.37. The minimum absolute atomic E-state index is 0.0513. The van der Waals surface area contributed by atoms with Crippen LogP contribution in [0.4, 0.5) is 0 Å². The van der Waals surface area contributed by atoms with E-state index in [2.05, 4.69) is 0 Å². The lowest BCUT2D eigenvalue weighted by Gasteiger charge is -1.96. The summed E-state index contributed by atoms with van der Waals surface area (Å²) in [6.07, 6.45) is 0. The maximum Gasteiger partial charge on any atom is 0.257 e. The van der Waals surface area contributed by atoms with Crippen LogP contribution in [0.2, 0.25) is 0 Å². The number of fused-ring (bicyclic) bond motifs is 1. The van der Waals surface area contributed by atoms with Crippen molar-refractivity contribution in [2.75, 3.05) is 0 Å². The fraction of sp³-hybridized carbons (Fsp3) is 0. The monoisotopic (exact) mass is 224 g/mol. The van der Waals surface area contributed by atoms with Gasteiger partial charge in [-0.25, -0.2) is 0 Å². The van der Waals surface area contributed by atoms with Crippen molar-refractivity contribution in [2.24, 2.45) is 0 Å². The van der Waals surface area contributed by atoms with Crippen molar-refractivity contribution < 1.29 is 4.79 Å². The standard InChI is InChI=1S/C10H5ClO2S/c11-10(13)7-5-14-8-4-2-1-3-6(8)9(7)12/h1-5H. The van der Waals surface area contributed by atoms with Crippen molar-refractivity contribution >= 4 is 38.3 Å². The Labute approximate surface area is 88.8 Å². The Balaban J connectivity index is 2.89. The van der Waals surface area contributed by atoms with Crippen molar-refractivity contribution in [1.82, 2.24) is 0 Å². The average molecular weight is 225 g/mol. The molecule has 1 heterocycles. The van der Waals surface area contributed by atoms with Crippen molar-refractivity contribution in [3.05, 3.63) is 45.4 Å². The molecular formula is C10H5ClO2S. The molecule has 1 aromatic heterocycles. The molecule has 0 atom stereocenters. The third kappa shape index (κ3) is 1.45. The van der Waals surface area contributed by atoms with Gasteiger partial charge in [-0.1, -0.05) is 12.1 Å². The van der Waals surface area contributed by atoms with Crippen LogP contribution in [0.3, 0.4) is 0 Å². The Morgan fingerprint density at radius 3 is 2.71 bits per heavy atom. The summed E-state index contributed by atoms with van der Waals surface area (Å²) in [4.78, 5) is 22.6. The number of halogens is 1. The summed E-state index contributed by atoms with van der Waals surface area (Å²) in [5.74, 6) is 0. The predicted molar refractivity (Wildman–Crippen MR) is 58.3 cm³/mol. The van der Waals surface area contributed by atoms with E-state index < -0.39 is 5.24 Å². The van der Waals surface area contributed by atoms with Gasteiger partial charge in [-0.15, -0.1) is 11.3 Å². The highest BCUT2D eigenvalue weighted by Crippen LogP contribution is 2.16. The third-order valence-corrected chi connectivity index (χ3v) is 3.06. The molecule has 0 saturated carbocycles. The molecule has 0 amide bonds. The van der Waals surface area contributed by atoms with E-state index in [1.54, 1.807) is 12.1 Å². The molecule has 2 aromatic rings. The first-order chi connectivity index (χ1) is 6.70. The number of benzene rings is 1. The van der Waals surface area contributed by atoms with Gasteiger partial charge in [0.2, 0.25) is 0 Å². The van der Waals surface area contributed by atoms with E-state index in [1.165, 1.54) is 16.7 Å². The molecule has 0 unspecified atom stereocenters. The largest absolute Gasteiger partial charge is 0.288 e. The normalized spacial score (nSPS) is 10.4. The number of carbonyl (C=O) groups excluding carboxylic acids is 1. The van der Waals surface area contributed by atoms with E-state index >= 15 is 0 Å². The number of hydrogen-bond acceptors (Lipinski definition) is 3. The summed E-state index contributed by atoms with van der Waals surface area (Å²) >= 11 is 6.62. The summed E-state index contributed by atoms with van der Waals surface area (Å²) in [6, 6.07) is 7.14. The van der Waals surface area contributed by atoms with Gasteiger partial charge >= 0.3 is 0 Å². The lowest BCUT2D eigenvalue weighted by atomic mass is 10.2. The lowest BCUT2D eigenvalue weighted by Crippen LogP contribution is -2.09. The molecule has 1 aromatic carbocycles. The van der Waals surface area contributed by atoms with Crippen LogP contribution in [0.5, 0.6) is 0 Å². The summed E-state index contributed by atoms with van der Waals surface area (Å²) in [5.41, 5.74) is -0.241. The van der Waals surface area contributed by atoms with Crippen LogP contribution >= 0.6 is 22.9 Å². The first-order valence-electron chi connectivity index (χ1n) is 3.90. The van der Waals surface area contributed by atoms with Crippen molar-refractivity contribution in [2.45, 2.75) is 0 Å². The fourth-order valence-electron chi connectivity index (χ4n) is 1.21. The summed E-state index contributed by atoms with van der Waals surface area (Å²) in [7, 11) is 0. The third-order valence-electron chi connectivity index (χ3n) is 1.89. The van der Waals surface area contributed by atoms with Crippen LogP contribution in [0.15, 0.2) is 34.4 Å². The molecular weight excluding hydrogens is 220 g/mol. The molecule has 0 aliphatic heterocycles. The Bertz CT molecular complexity index is 559. The van der Waals surface area contributed by atoms with Crippen LogP contribution < -0.4 is 5.43 Å². The summed E-state index contributed by atoms with van der Waals surface area (Å²) < 4.78 is 0.860. The van der Waals surface area contributed by atoms with Gasteiger partial charge in [0.25, 0.3) is 5.24 Å². The second-order valence-electron chi connectivity index (χ2n) is 2.75. The smallest absolute Gasteiger partial charge is 0.257 e. The molecule has 0 saturated heterocycles. The Morgan fingerprint density at radius 1 is 1.29 bits per heavy atom. The van der Waals surface area contributed by atoms with Gasteiger partial charge in [0.15, 0.2) is 5.43 Å². The molecule has 2 nitrogen and oxygen atoms in total. The minimum Gasteiger partial charge on any atom is -0.288 e. The quantitative estimate of drug-likeness (QED) is 0.698. The molecule has 0 spiro atoms. The summed E-state index contributed by atoms with van der Waals surface area (Å²) in [5, 5.41) is 1.35. The summed E-state index contributed by atoms with van der Waals surface area (Å²) in [6.45, 7) is 0. The molecule has 0 fully saturated rings. The molecule has 14 heavy (non-hydrogen) atoms. The maximum atomic E-state index is 11.7. The topological polar surface area (TPSA) is 34.1 Å². The molecule has 0 N–H and O–H groups in total. The minimum atomic E-state index is -0.697. The molecule has 0 radical (unpaired) electrons. The zero-order valence-electron chi connectivity index (χ0n) is 6.99. The van der Waals surface area contributed by atoms with E-state index in [9.17, 15) is 9.59 Å². The van der Waals surface area contributed by atoms with Crippen LogP contribution in [0.25, 0.3) is 10.1 Å². The SMILES string of the molecule is O=C(Cl)c1csc2ccccc2c1=O. The second-order valence-corrected chi connectivity index (χ2v) is 4.00. The van der Waals surface area contributed by atoms with Gasteiger partial charge in [-0.05, 0) is 23.7 Å². The van der Waals surface area contributed by atoms with E-state index in [0.717, 1.165) is 4.70 Å². The van der Waals surface area contributed by atoms with E-state index in [0.29, 0.717) is 5.39 Å². The predicted octanol–water partition coefficient (Wildman–Crippen LogP) is 2.64. The lowest BCUT2D eigenvalue weighted by molar-refractivity contribution is 0.108. The first-order valence-corrected chi connectivity index (χ1v) is 5.16. The van der Waals surface area contributed by atoms with Crippen molar-refractivity contribution in [3.63, 3.8) is 0 Å². The van der Waals surface area contributed by atoms with Gasteiger partial charge in [0, 0.05) is 15.5 Å². The van der Waals surface area contributed by atoms with Gasteiger partial charge < -0.3 is 0 Å². The zero-order chi connectivity index (χ0) is 10.1. The Hall–Kier alpha value is -1.19. The molecule has 2 rings (SSSR count). The van der Waals surface area contributed by atoms with E-state index in [1.807, 2.05) is 12.1 Å². The van der Waals surface area contributed by atoms with Gasteiger partial charge in [0.1, 0.15) is 0 Å². The molecule has 4 heteroatoms. The highest BCUT2D eigenvalue weighted by Gasteiger charge is 2.09. The number of rotatable bonds is 1. The average Bonchev–Trinajstić information content (AvgIpc) is 2.18. The molecule has 0 bridgehead atoms. The molecule has 70 valence electrons. The number of hydrogen-bond donors (Lipinski definition) is 0. The second kappa shape index (κ2) is 3.52. The molecule has 0 aliphatic carbocycles. The Morgan fingerprint density at radius 2 is 2.00 bits per heavy atom. The zero-order valence-corrected chi connectivity index (χ0v) is 8.56. The molecule has 0 aliphatic rings. The maximum absolute atomic E-state index is 11.7. The van der Waals surface area contributed by atoms with Crippen molar-refractivity contribution in [3.8, 4) is 0 Å². The van der Waals surface area contributed by atoms with Crippen LogP contribution in [-0.2, 0) is 0 Å². The van der Waals surface area contributed by atoms with Crippen LogP contribution in [0, 0.1) is 0 Å².